The van der Waals surface area contributed by atoms with Crippen molar-refractivity contribution in [1.29, 1.82) is 0 Å². The molecule has 1 unspecified atom stereocenters. The number of carbonyl (C=O) groups excluding carboxylic acids is 3. The van der Waals surface area contributed by atoms with Crippen LogP contribution in [0.5, 0.6) is 5.75 Å². The Hall–Kier alpha value is -3.30. The van der Waals surface area contributed by atoms with Gasteiger partial charge in [-0.3, -0.25) is 24.6 Å². The molecule has 5 heterocycles. The molecule has 3 aromatic rings. The van der Waals surface area contributed by atoms with Crippen LogP contribution in [-0.4, -0.2) is 58.2 Å². The van der Waals surface area contributed by atoms with Gasteiger partial charge in [-0.15, -0.1) is 11.3 Å². The van der Waals surface area contributed by atoms with Crippen LogP contribution in [0.3, 0.4) is 0 Å². The Kier molecular flexibility index (Phi) is 4.94. The molecule has 0 aliphatic carbocycles. The van der Waals surface area contributed by atoms with Crippen LogP contribution in [0.1, 0.15) is 52.7 Å². The first-order valence-corrected chi connectivity index (χ1v) is 13.4. The Morgan fingerprint density at radius 3 is 2.86 bits per heavy atom. The molecule has 184 valence electrons. The maximum absolute atomic E-state index is 13.2. The summed E-state index contributed by atoms with van der Waals surface area (Å²) >= 11 is 1.68. The monoisotopic (exact) mass is 502 g/mol. The molecule has 1 spiro atoms. The number of hydrogen-bond acceptors (Lipinski definition) is 7. The standard InChI is InChI=1S/C27H26N4O4S/c32-23-5-4-20(25(33)29-23)31-13-17-10-19-21(11-18(17)26(31)34)35-14-27(19)6-8-30(9-7-27)12-16-2-1-3-22-24(16)28-15-36-22/h1-3,10-11,15,20H,4-9,12-14H2,(H,29,32,33). The molecule has 2 aromatic carbocycles. The number of nitrogens with zero attached hydrogens (tertiary/aromatic N) is 3. The van der Waals surface area contributed by atoms with Crippen molar-refractivity contribution in [2.24, 2.45) is 0 Å². The van der Waals surface area contributed by atoms with Gasteiger partial charge in [0.1, 0.15) is 11.8 Å². The number of para-hydroxylation sites is 1. The Morgan fingerprint density at radius 1 is 1.17 bits per heavy atom. The Balaban J connectivity index is 1.09. The summed E-state index contributed by atoms with van der Waals surface area (Å²) in [4.78, 5) is 45.8. The fraction of sp³-hybridized carbons (Fsp3) is 0.407. The van der Waals surface area contributed by atoms with Crippen LogP contribution in [-0.2, 0) is 28.1 Å². The number of rotatable bonds is 3. The Morgan fingerprint density at radius 2 is 2.03 bits per heavy atom. The fourth-order valence-electron chi connectivity index (χ4n) is 6.29. The molecule has 36 heavy (non-hydrogen) atoms. The highest BCUT2D eigenvalue weighted by atomic mass is 32.1. The number of piperidine rings is 2. The van der Waals surface area contributed by atoms with Crippen molar-refractivity contribution in [3.63, 3.8) is 0 Å². The number of benzene rings is 2. The van der Waals surface area contributed by atoms with Crippen LogP contribution in [0, 0.1) is 0 Å². The number of likely N-dealkylation sites (tertiary alicyclic amines) is 1. The van der Waals surface area contributed by atoms with Gasteiger partial charge in [0.25, 0.3) is 5.91 Å². The summed E-state index contributed by atoms with van der Waals surface area (Å²) in [6.45, 7) is 3.88. The molecule has 3 amide bonds. The number of aromatic nitrogens is 1. The SMILES string of the molecule is O=C1CCC(N2Cc3cc4c(cc3C2=O)OCC42CCN(Cc3cccc4scnc34)CC2)C(=O)N1. The van der Waals surface area contributed by atoms with Gasteiger partial charge in [-0.25, -0.2) is 4.98 Å². The maximum Gasteiger partial charge on any atom is 0.255 e. The summed E-state index contributed by atoms with van der Waals surface area (Å²) in [5.74, 6) is -0.0106. The van der Waals surface area contributed by atoms with Crippen LogP contribution in [0.25, 0.3) is 10.2 Å². The zero-order valence-corrected chi connectivity index (χ0v) is 20.6. The van der Waals surface area contributed by atoms with Gasteiger partial charge in [-0.2, -0.15) is 0 Å². The number of fused-ring (bicyclic) bond motifs is 4. The third-order valence-electron chi connectivity index (χ3n) is 8.35. The highest BCUT2D eigenvalue weighted by molar-refractivity contribution is 7.16. The third-order valence-corrected chi connectivity index (χ3v) is 9.14. The van der Waals surface area contributed by atoms with Crippen molar-refractivity contribution in [3.8, 4) is 5.75 Å². The van der Waals surface area contributed by atoms with E-state index in [1.165, 1.54) is 15.8 Å². The van der Waals surface area contributed by atoms with Gasteiger partial charge in [0.2, 0.25) is 11.8 Å². The molecule has 0 saturated carbocycles. The van der Waals surface area contributed by atoms with Crippen molar-refractivity contribution in [1.82, 2.24) is 20.1 Å². The van der Waals surface area contributed by atoms with Crippen LogP contribution in [0.4, 0.5) is 0 Å². The fourth-order valence-corrected chi connectivity index (χ4v) is 7.01. The molecule has 1 atom stereocenters. The van der Waals surface area contributed by atoms with Crippen LogP contribution in [0.15, 0.2) is 35.8 Å². The molecule has 2 fully saturated rings. The van der Waals surface area contributed by atoms with Gasteiger partial charge in [0, 0.05) is 36.1 Å². The normalized spacial score (nSPS) is 23.2. The van der Waals surface area contributed by atoms with Crippen molar-refractivity contribution in [2.75, 3.05) is 19.7 Å². The summed E-state index contributed by atoms with van der Waals surface area (Å²) in [5.41, 5.74) is 7.02. The first-order valence-electron chi connectivity index (χ1n) is 12.5. The van der Waals surface area contributed by atoms with Gasteiger partial charge >= 0.3 is 0 Å². The molecule has 0 radical (unpaired) electrons. The molecular weight excluding hydrogens is 476 g/mol. The third kappa shape index (κ3) is 3.37. The van der Waals surface area contributed by atoms with Crippen LogP contribution < -0.4 is 10.1 Å². The second-order valence-electron chi connectivity index (χ2n) is 10.4. The maximum atomic E-state index is 13.2. The van der Waals surface area contributed by atoms with Crippen molar-refractivity contribution >= 4 is 39.3 Å². The second-order valence-corrected chi connectivity index (χ2v) is 11.3. The van der Waals surface area contributed by atoms with Crippen LogP contribution >= 0.6 is 11.3 Å². The van der Waals surface area contributed by atoms with E-state index >= 15 is 0 Å². The minimum absolute atomic E-state index is 0.0431. The zero-order valence-electron chi connectivity index (χ0n) is 19.8. The number of carbonyl (C=O) groups is 3. The second kappa shape index (κ2) is 8.11. The van der Waals surface area contributed by atoms with Gasteiger partial charge in [0.15, 0.2) is 0 Å². The molecule has 0 bridgehead atoms. The van der Waals surface area contributed by atoms with Gasteiger partial charge < -0.3 is 9.64 Å². The predicted octanol–water partition coefficient (Wildman–Crippen LogP) is 2.98. The summed E-state index contributed by atoms with van der Waals surface area (Å²) in [5, 5.41) is 2.37. The van der Waals surface area contributed by atoms with Crippen molar-refractivity contribution in [3.05, 3.63) is 58.1 Å². The highest BCUT2D eigenvalue weighted by Crippen LogP contribution is 2.48. The predicted molar refractivity (Wildman–Crippen MR) is 134 cm³/mol. The van der Waals surface area contributed by atoms with Gasteiger partial charge in [-0.1, -0.05) is 12.1 Å². The lowest BCUT2D eigenvalue weighted by Gasteiger charge is -2.38. The number of ether oxygens (including phenoxy) is 1. The summed E-state index contributed by atoms with van der Waals surface area (Å²) in [7, 11) is 0. The molecular formula is C27H26N4O4S. The Labute approximate surface area is 212 Å². The number of amides is 3. The van der Waals surface area contributed by atoms with E-state index in [9.17, 15) is 14.4 Å². The van der Waals surface area contributed by atoms with E-state index in [4.69, 9.17) is 4.74 Å². The van der Waals surface area contributed by atoms with E-state index in [1.54, 1.807) is 16.2 Å². The Bertz CT molecular complexity index is 1420. The molecule has 4 aliphatic heterocycles. The van der Waals surface area contributed by atoms with Crippen molar-refractivity contribution < 1.29 is 19.1 Å². The largest absolute Gasteiger partial charge is 0.492 e. The number of nitrogens with one attached hydrogen (secondary N) is 1. The average molecular weight is 503 g/mol. The van der Waals surface area contributed by atoms with Gasteiger partial charge in [0.05, 0.1) is 22.3 Å². The van der Waals surface area contributed by atoms with E-state index in [2.05, 4.69) is 39.5 Å². The minimum atomic E-state index is -0.599. The smallest absolute Gasteiger partial charge is 0.255 e. The zero-order chi connectivity index (χ0) is 24.4. The van der Waals surface area contributed by atoms with E-state index in [0.29, 0.717) is 25.1 Å². The lowest BCUT2D eigenvalue weighted by atomic mass is 9.74. The highest BCUT2D eigenvalue weighted by Gasteiger charge is 2.46. The summed E-state index contributed by atoms with van der Waals surface area (Å²) in [6.07, 6.45) is 2.62. The quantitative estimate of drug-likeness (QED) is 0.554. The number of imide groups is 1. The molecule has 1 N–H and O–H groups in total. The van der Waals surface area contributed by atoms with Crippen LogP contribution in [0.2, 0.25) is 0 Å². The first-order chi connectivity index (χ1) is 17.5. The number of thiazole rings is 1. The van der Waals surface area contributed by atoms with E-state index < -0.39 is 6.04 Å². The minimum Gasteiger partial charge on any atom is -0.492 e. The van der Waals surface area contributed by atoms with E-state index in [-0.39, 0.29) is 29.6 Å². The molecule has 1 aromatic heterocycles. The average Bonchev–Trinajstić information content (AvgIpc) is 3.57. The first kappa shape index (κ1) is 21.9. The molecule has 2 saturated heterocycles. The van der Waals surface area contributed by atoms with E-state index in [1.807, 2.05) is 11.6 Å². The molecule has 9 heteroatoms. The molecule has 8 nitrogen and oxygen atoms in total. The summed E-state index contributed by atoms with van der Waals surface area (Å²) < 4.78 is 7.39. The molecule has 7 rings (SSSR count). The summed E-state index contributed by atoms with van der Waals surface area (Å²) in [6, 6.07) is 9.84. The lowest BCUT2D eigenvalue weighted by molar-refractivity contribution is -0.136. The number of hydrogen-bond donors (Lipinski definition) is 1. The van der Waals surface area contributed by atoms with Gasteiger partial charge in [-0.05, 0) is 61.7 Å². The lowest BCUT2D eigenvalue weighted by Crippen LogP contribution is -2.52. The topological polar surface area (TPSA) is 91.8 Å². The molecule has 4 aliphatic rings. The van der Waals surface area contributed by atoms with E-state index in [0.717, 1.165) is 49.3 Å². The van der Waals surface area contributed by atoms with Crippen molar-refractivity contribution in [2.45, 2.75) is 50.2 Å².